The Bertz CT molecular complexity index is 470. The van der Waals surface area contributed by atoms with Crippen LogP contribution in [0.15, 0.2) is 22.7 Å². The third-order valence-electron chi connectivity index (χ3n) is 3.21. The Morgan fingerprint density at radius 1 is 1.63 bits per heavy atom. The zero-order valence-corrected chi connectivity index (χ0v) is 13.1. The van der Waals surface area contributed by atoms with E-state index < -0.39 is 0 Å². The maximum atomic E-state index is 11.4. The molecule has 3 N–H and O–H groups in total. The second-order valence-corrected chi connectivity index (χ2v) is 6.58. The van der Waals surface area contributed by atoms with Crippen LogP contribution in [0.3, 0.4) is 0 Å². The van der Waals surface area contributed by atoms with Crippen molar-refractivity contribution in [2.45, 2.75) is 30.5 Å². The predicted octanol–water partition coefficient (Wildman–Crippen LogP) is 2.46. The van der Waals surface area contributed by atoms with Crippen LogP contribution in [0.5, 0.6) is 0 Å². The van der Waals surface area contributed by atoms with Gasteiger partial charge in [0.05, 0.1) is 6.10 Å². The highest BCUT2D eigenvalue weighted by atomic mass is 79.9. The molecule has 0 bridgehead atoms. The smallest absolute Gasteiger partial charge is 0.265 e. The Labute approximate surface area is 125 Å². The molecule has 2 atom stereocenters. The lowest BCUT2D eigenvalue weighted by atomic mass is 10.1. The Morgan fingerprint density at radius 3 is 3.00 bits per heavy atom. The number of amides is 1. The summed E-state index contributed by atoms with van der Waals surface area (Å²) in [5, 5.41) is 0.555. The van der Waals surface area contributed by atoms with Crippen molar-refractivity contribution in [1.29, 1.82) is 0 Å². The molecule has 1 saturated heterocycles. The van der Waals surface area contributed by atoms with E-state index in [1.807, 2.05) is 17.8 Å². The molecule has 1 aromatic carbocycles. The molecular formula is C13H17BrN2O2S. The van der Waals surface area contributed by atoms with Crippen molar-refractivity contribution in [3.63, 3.8) is 0 Å². The number of carbonyl (C=O) groups excluding carboxylic acids is 1. The highest BCUT2D eigenvalue weighted by molar-refractivity contribution is 9.10. The molecule has 1 fully saturated rings. The topological polar surface area (TPSA) is 64.3 Å². The van der Waals surface area contributed by atoms with Gasteiger partial charge in [-0.2, -0.15) is 11.8 Å². The number of ether oxygens (including phenoxy) is 1. The van der Waals surface area contributed by atoms with Gasteiger partial charge in [-0.05, 0) is 31.0 Å². The van der Waals surface area contributed by atoms with E-state index in [1.54, 1.807) is 12.1 Å². The Hall–Kier alpha value is -0.560. The number of hydrogen-bond acceptors (Lipinski definition) is 4. The maximum Gasteiger partial charge on any atom is 0.265 e. The summed E-state index contributed by atoms with van der Waals surface area (Å²) in [7, 11) is 0. The standard InChI is InChI=1S/C13H17BrN2O2S/c1-8-12(4-5-18-8)19-7-10-3-2-9(6-11(10)14)13(17)16-15/h2-3,6,8,12H,4-5,7,15H2,1H3,(H,16,17). The first-order valence-electron chi connectivity index (χ1n) is 6.14. The number of nitrogens with two attached hydrogens (primary N) is 1. The molecule has 0 radical (unpaired) electrons. The van der Waals surface area contributed by atoms with Gasteiger partial charge in [-0.15, -0.1) is 0 Å². The summed E-state index contributed by atoms with van der Waals surface area (Å²) >= 11 is 5.40. The predicted molar refractivity (Wildman–Crippen MR) is 80.9 cm³/mol. The number of thioether (sulfide) groups is 1. The van der Waals surface area contributed by atoms with E-state index in [4.69, 9.17) is 10.6 Å². The van der Waals surface area contributed by atoms with Gasteiger partial charge in [-0.1, -0.05) is 22.0 Å². The van der Waals surface area contributed by atoms with Gasteiger partial charge >= 0.3 is 0 Å². The van der Waals surface area contributed by atoms with Crippen LogP contribution < -0.4 is 11.3 Å². The molecule has 1 heterocycles. The first-order valence-corrected chi connectivity index (χ1v) is 7.98. The number of nitrogens with one attached hydrogen (secondary N) is 1. The number of nitrogen functional groups attached to an aromatic ring is 1. The molecule has 0 saturated carbocycles. The summed E-state index contributed by atoms with van der Waals surface area (Å²) in [4.78, 5) is 11.4. The van der Waals surface area contributed by atoms with E-state index in [0.717, 1.165) is 23.3 Å². The molecule has 19 heavy (non-hydrogen) atoms. The van der Waals surface area contributed by atoms with Crippen molar-refractivity contribution in [3.05, 3.63) is 33.8 Å². The van der Waals surface area contributed by atoms with Gasteiger partial charge in [0.25, 0.3) is 5.91 Å². The molecule has 104 valence electrons. The van der Waals surface area contributed by atoms with Gasteiger partial charge in [0.2, 0.25) is 0 Å². The summed E-state index contributed by atoms with van der Waals surface area (Å²) in [5.41, 5.74) is 3.86. The molecule has 4 nitrogen and oxygen atoms in total. The van der Waals surface area contributed by atoms with Crippen LogP contribution in [-0.4, -0.2) is 23.9 Å². The van der Waals surface area contributed by atoms with Crippen molar-refractivity contribution in [1.82, 2.24) is 5.43 Å². The molecule has 1 aliphatic heterocycles. The third-order valence-corrected chi connectivity index (χ3v) is 5.47. The van der Waals surface area contributed by atoms with Crippen LogP contribution in [0.4, 0.5) is 0 Å². The van der Waals surface area contributed by atoms with Gasteiger partial charge in [-0.3, -0.25) is 10.2 Å². The lowest BCUT2D eigenvalue weighted by molar-refractivity contribution is 0.0953. The van der Waals surface area contributed by atoms with Crippen molar-refractivity contribution in [2.75, 3.05) is 6.61 Å². The molecule has 1 amide bonds. The summed E-state index contributed by atoms with van der Waals surface area (Å²) in [5.74, 6) is 5.74. The second-order valence-electron chi connectivity index (χ2n) is 4.49. The van der Waals surface area contributed by atoms with Crippen molar-refractivity contribution in [2.24, 2.45) is 5.84 Å². The first-order chi connectivity index (χ1) is 9.11. The van der Waals surface area contributed by atoms with Crippen LogP contribution in [0, 0.1) is 0 Å². The van der Waals surface area contributed by atoms with Gasteiger partial charge in [-0.25, -0.2) is 5.84 Å². The molecule has 0 aliphatic carbocycles. The highest BCUT2D eigenvalue weighted by Crippen LogP contribution is 2.31. The Kier molecular flexibility index (Phi) is 5.27. The monoisotopic (exact) mass is 344 g/mol. The average molecular weight is 345 g/mol. The molecular weight excluding hydrogens is 328 g/mol. The SMILES string of the molecule is CC1OCCC1SCc1ccc(C(=O)NN)cc1Br. The minimum atomic E-state index is -0.280. The minimum Gasteiger partial charge on any atom is -0.377 e. The van der Waals surface area contributed by atoms with Crippen LogP contribution in [-0.2, 0) is 10.5 Å². The van der Waals surface area contributed by atoms with E-state index in [-0.39, 0.29) is 5.91 Å². The quantitative estimate of drug-likeness (QED) is 0.500. The molecule has 6 heteroatoms. The molecule has 1 aromatic rings. The van der Waals surface area contributed by atoms with Crippen molar-refractivity contribution < 1.29 is 9.53 Å². The average Bonchev–Trinajstić information content (AvgIpc) is 2.82. The molecule has 1 aliphatic rings. The van der Waals surface area contributed by atoms with E-state index in [0.29, 0.717) is 16.9 Å². The lowest BCUT2D eigenvalue weighted by Gasteiger charge is -2.14. The van der Waals surface area contributed by atoms with Gasteiger partial charge in [0.1, 0.15) is 0 Å². The fourth-order valence-corrected chi connectivity index (χ4v) is 3.98. The molecule has 0 spiro atoms. The van der Waals surface area contributed by atoms with E-state index in [2.05, 4.69) is 28.3 Å². The Balaban J connectivity index is 1.99. The molecule has 2 unspecified atom stereocenters. The minimum absolute atomic E-state index is 0.280. The largest absolute Gasteiger partial charge is 0.377 e. The van der Waals surface area contributed by atoms with Crippen LogP contribution in [0.2, 0.25) is 0 Å². The number of hydrogen-bond donors (Lipinski definition) is 2. The summed E-state index contributed by atoms with van der Waals surface area (Å²) < 4.78 is 6.49. The van der Waals surface area contributed by atoms with Crippen molar-refractivity contribution >= 4 is 33.6 Å². The lowest BCUT2D eigenvalue weighted by Crippen LogP contribution is -2.29. The number of hydrazine groups is 1. The van der Waals surface area contributed by atoms with Crippen molar-refractivity contribution in [3.8, 4) is 0 Å². The molecule has 2 rings (SSSR count). The van der Waals surface area contributed by atoms with Crippen LogP contribution in [0.25, 0.3) is 0 Å². The number of benzene rings is 1. The zero-order valence-electron chi connectivity index (χ0n) is 10.7. The first kappa shape index (κ1) is 14.8. The van der Waals surface area contributed by atoms with E-state index in [1.165, 1.54) is 5.56 Å². The molecule has 0 aromatic heterocycles. The number of rotatable bonds is 4. The number of halogens is 1. The Morgan fingerprint density at radius 2 is 2.42 bits per heavy atom. The van der Waals surface area contributed by atoms with E-state index in [9.17, 15) is 4.79 Å². The van der Waals surface area contributed by atoms with Crippen LogP contribution >= 0.6 is 27.7 Å². The summed E-state index contributed by atoms with van der Waals surface area (Å²) in [6.45, 7) is 2.98. The third kappa shape index (κ3) is 3.72. The van der Waals surface area contributed by atoms with E-state index >= 15 is 0 Å². The fourth-order valence-electron chi connectivity index (χ4n) is 2.02. The van der Waals surface area contributed by atoms with Gasteiger partial charge in [0, 0.05) is 27.6 Å². The summed E-state index contributed by atoms with van der Waals surface area (Å²) in [6, 6.07) is 5.55. The second kappa shape index (κ2) is 6.74. The fraction of sp³-hybridized carbons (Fsp3) is 0.462. The number of carbonyl (C=O) groups is 1. The maximum absolute atomic E-state index is 11.4. The van der Waals surface area contributed by atoms with Crippen LogP contribution in [0.1, 0.15) is 29.3 Å². The van der Waals surface area contributed by atoms with Gasteiger partial charge < -0.3 is 4.74 Å². The van der Waals surface area contributed by atoms with Gasteiger partial charge in [0.15, 0.2) is 0 Å². The summed E-state index contributed by atoms with van der Waals surface area (Å²) in [6.07, 6.45) is 1.43. The zero-order chi connectivity index (χ0) is 13.8. The normalized spacial score (nSPS) is 22.5. The highest BCUT2D eigenvalue weighted by Gasteiger charge is 2.24.